The van der Waals surface area contributed by atoms with Crippen LogP contribution in [-0.4, -0.2) is 18.6 Å². The molecule has 0 spiro atoms. The number of amides is 1. The lowest BCUT2D eigenvalue weighted by atomic mass is 10.0. The molecule has 0 saturated heterocycles. The molecule has 2 aromatic rings. The van der Waals surface area contributed by atoms with Gasteiger partial charge in [-0.15, -0.1) is 0 Å². The summed E-state index contributed by atoms with van der Waals surface area (Å²) in [7, 11) is 0. The van der Waals surface area contributed by atoms with Gasteiger partial charge in [0.2, 0.25) is 0 Å². The summed E-state index contributed by atoms with van der Waals surface area (Å²) in [4.78, 5) is 12.6. The van der Waals surface area contributed by atoms with Gasteiger partial charge in [0.15, 0.2) is 11.5 Å². The molecule has 0 saturated carbocycles. The molecule has 25 heavy (non-hydrogen) atoms. The number of benzene rings is 2. The van der Waals surface area contributed by atoms with Crippen molar-refractivity contribution in [3.05, 3.63) is 59.2 Å². The van der Waals surface area contributed by atoms with Crippen molar-refractivity contribution in [3.8, 4) is 11.5 Å². The highest BCUT2D eigenvalue weighted by Crippen LogP contribution is 2.34. The summed E-state index contributed by atoms with van der Waals surface area (Å²) in [6.45, 7) is 6.51. The van der Waals surface area contributed by atoms with Gasteiger partial charge in [-0.05, 0) is 49.6 Å². The number of aryl methyl sites for hydroxylation is 1. The first-order valence-electron chi connectivity index (χ1n) is 8.59. The first-order chi connectivity index (χ1) is 12.1. The molecular weight excluding hydrogens is 314 g/mol. The van der Waals surface area contributed by atoms with Gasteiger partial charge in [-0.3, -0.25) is 4.79 Å². The third-order valence-electron chi connectivity index (χ3n) is 4.23. The van der Waals surface area contributed by atoms with E-state index in [-0.39, 0.29) is 12.0 Å². The zero-order valence-corrected chi connectivity index (χ0v) is 14.8. The second-order valence-electron chi connectivity index (χ2n) is 6.15. The minimum Gasteiger partial charge on any atom is -0.486 e. The maximum atomic E-state index is 12.6. The second kappa shape index (κ2) is 7.43. The van der Waals surface area contributed by atoms with E-state index in [0.29, 0.717) is 23.6 Å². The van der Waals surface area contributed by atoms with E-state index in [0.717, 1.165) is 23.3 Å². The number of hydrogen-bond donors (Lipinski definition) is 1. The van der Waals surface area contributed by atoms with Crippen LogP contribution in [0.1, 0.15) is 41.8 Å². The Morgan fingerprint density at radius 3 is 2.80 bits per heavy atom. The number of rotatable bonds is 4. The molecule has 130 valence electrons. The predicted molar refractivity (Wildman–Crippen MR) is 100 cm³/mol. The minimum absolute atomic E-state index is 0.0891. The summed E-state index contributed by atoms with van der Waals surface area (Å²) in [5.74, 6) is 1.26. The third-order valence-corrected chi connectivity index (χ3v) is 4.23. The molecular formula is C21H23NO3. The molecule has 1 amide bonds. The van der Waals surface area contributed by atoms with Gasteiger partial charge in [0.05, 0.1) is 0 Å². The molecule has 3 rings (SSSR count). The van der Waals surface area contributed by atoms with Crippen LogP contribution in [0, 0.1) is 6.92 Å². The van der Waals surface area contributed by atoms with E-state index in [4.69, 9.17) is 9.47 Å². The van der Waals surface area contributed by atoms with E-state index < -0.39 is 0 Å². The van der Waals surface area contributed by atoms with Crippen LogP contribution >= 0.6 is 0 Å². The van der Waals surface area contributed by atoms with Gasteiger partial charge in [-0.2, -0.15) is 0 Å². The highest BCUT2D eigenvalue weighted by Gasteiger charge is 2.20. The SMILES string of the molecule is C/C=C/c1ccc(C(=O)Nc2ccc3c(c2)OCC(CC)O3)c(C)c1. The normalized spacial score (nSPS) is 16.0. The molecule has 0 fully saturated rings. The smallest absolute Gasteiger partial charge is 0.255 e. The molecule has 4 nitrogen and oxygen atoms in total. The van der Waals surface area contributed by atoms with Crippen LogP contribution in [0.3, 0.4) is 0 Å². The number of carbonyl (C=O) groups excluding carboxylic acids is 1. The summed E-state index contributed by atoms with van der Waals surface area (Å²) < 4.78 is 11.6. The molecule has 0 aliphatic carbocycles. The van der Waals surface area contributed by atoms with Gasteiger partial charge in [0.25, 0.3) is 5.91 Å². The van der Waals surface area contributed by atoms with Gasteiger partial charge in [-0.25, -0.2) is 0 Å². The number of carbonyl (C=O) groups is 1. The quantitative estimate of drug-likeness (QED) is 0.869. The van der Waals surface area contributed by atoms with E-state index in [2.05, 4.69) is 12.2 Å². The Morgan fingerprint density at radius 1 is 1.24 bits per heavy atom. The van der Waals surface area contributed by atoms with E-state index in [9.17, 15) is 4.79 Å². The Bertz CT molecular complexity index is 811. The maximum absolute atomic E-state index is 12.6. The number of allylic oxidation sites excluding steroid dienone is 1. The van der Waals surface area contributed by atoms with Crippen molar-refractivity contribution in [2.45, 2.75) is 33.3 Å². The van der Waals surface area contributed by atoms with E-state index in [1.54, 1.807) is 0 Å². The van der Waals surface area contributed by atoms with Gasteiger partial charge in [-0.1, -0.05) is 31.2 Å². The summed E-state index contributed by atoms with van der Waals surface area (Å²) in [5, 5.41) is 2.93. The van der Waals surface area contributed by atoms with Gasteiger partial charge >= 0.3 is 0 Å². The number of nitrogens with one attached hydrogen (secondary N) is 1. The van der Waals surface area contributed by atoms with Crippen molar-refractivity contribution in [2.75, 3.05) is 11.9 Å². The molecule has 1 atom stereocenters. The monoisotopic (exact) mass is 337 g/mol. The fraction of sp³-hybridized carbons (Fsp3) is 0.286. The molecule has 0 radical (unpaired) electrons. The fourth-order valence-electron chi connectivity index (χ4n) is 2.83. The Labute approximate surface area is 148 Å². The van der Waals surface area contributed by atoms with Crippen molar-refractivity contribution >= 4 is 17.7 Å². The number of anilines is 1. The number of hydrogen-bond acceptors (Lipinski definition) is 3. The third kappa shape index (κ3) is 3.85. The average Bonchev–Trinajstić information content (AvgIpc) is 2.61. The minimum atomic E-state index is -0.132. The van der Waals surface area contributed by atoms with Crippen LogP contribution in [0.25, 0.3) is 6.08 Å². The van der Waals surface area contributed by atoms with Crippen LogP contribution in [0.2, 0.25) is 0 Å². The molecule has 4 heteroatoms. The summed E-state index contributed by atoms with van der Waals surface area (Å²) in [6, 6.07) is 11.3. The Morgan fingerprint density at radius 2 is 2.08 bits per heavy atom. The van der Waals surface area contributed by atoms with Crippen LogP contribution in [0.15, 0.2) is 42.5 Å². The maximum Gasteiger partial charge on any atom is 0.255 e. The van der Waals surface area contributed by atoms with E-state index in [1.807, 2.05) is 62.4 Å². The molecule has 0 bridgehead atoms. The lowest BCUT2D eigenvalue weighted by Crippen LogP contribution is -2.28. The van der Waals surface area contributed by atoms with Crippen molar-refractivity contribution in [1.29, 1.82) is 0 Å². The fourth-order valence-corrected chi connectivity index (χ4v) is 2.83. The molecule has 1 aliphatic rings. The van der Waals surface area contributed by atoms with Crippen LogP contribution in [-0.2, 0) is 0 Å². The van der Waals surface area contributed by atoms with Crippen LogP contribution < -0.4 is 14.8 Å². The standard InChI is InChI=1S/C21H23NO3/c1-4-6-15-7-9-18(14(3)11-15)21(23)22-16-8-10-19-20(12-16)24-13-17(5-2)25-19/h4,6-12,17H,5,13H2,1-3H3,(H,22,23)/b6-4+. The van der Waals surface area contributed by atoms with Crippen molar-refractivity contribution in [1.82, 2.24) is 0 Å². The van der Waals surface area contributed by atoms with Gasteiger partial charge in [0.1, 0.15) is 12.7 Å². The first kappa shape index (κ1) is 17.1. The highest BCUT2D eigenvalue weighted by atomic mass is 16.6. The largest absolute Gasteiger partial charge is 0.486 e. The summed E-state index contributed by atoms with van der Waals surface area (Å²) in [5.41, 5.74) is 3.38. The zero-order valence-electron chi connectivity index (χ0n) is 14.8. The Kier molecular flexibility index (Phi) is 5.08. The first-order valence-corrected chi connectivity index (χ1v) is 8.59. The second-order valence-corrected chi connectivity index (χ2v) is 6.15. The topological polar surface area (TPSA) is 47.6 Å². The number of ether oxygens (including phenoxy) is 2. The summed E-state index contributed by atoms with van der Waals surface area (Å²) in [6.07, 6.45) is 4.98. The molecule has 2 aromatic carbocycles. The average molecular weight is 337 g/mol. The lowest BCUT2D eigenvalue weighted by molar-refractivity contribution is 0.0885. The molecule has 1 heterocycles. The zero-order chi connectivity index (χ0) is 17.8. The highest BCUT2D eigenvalue weighted by molar-refractivity contribution is 6.05. The molecule has 1 unspecified atom stereocenters. The van der Waals surface area contributed by atoms with Crippen LogP contribution in [0.5, 0.6) is 11.5 Å². The van der Waals surface area contributed by atoms with Crippen molar-refractivity contribution < 1.29 is 14.3 Å². The Balaban J connectivity index is 1.75. The van der Waals surface area contributed by atoms with Crippen molar-refractivity contribution in [2.24, 2.45) is 0 Å². The molecule has 1 aliphatic heterocycles. The predicted octanol–water partition coefficient (Wildman–Crippen LogP) is 4.83. The summed E-state index contributed by atoms with van der Waals surface area (Å²) >= 11 is 0. The van der Waals surface area contributed by atoms with Crippen molar-refractivity contribution in [3.63, 3.8) is 0 Å². The molecule has 1 N–H and O–H groups in total. The van der Waals surface area contributed by atoms with E-state index >= 15 is 0 Å². The van der Waals surface area contributed by atoms with Crippen LogP contribution in [0.4, 0.5) is 5.69 Å². The number of fused-ring (bicyclic) bond motifs is 1. The van der Waals surface area contributed by atoms with Gasteiger partial charge < -0.3 is 14.8 Å². The Hall–Kier alpha value is -2.75. The molecule has 0 aromatic heterocycles. The van der Waals surface area contributed by atoms with Gasteiger partial charge in [0, 0.05) is 17.3 Å². The van der Waals surface area contributed by atoms with E-state index in [1.165, 1.54) is 0 Å². The lowest BCUT2D eigenvalue weighted by Gasteiger charge is -2.26.